The standard InChI is InChI=1S/C26H32BrN5O5S/c1-4-10-30(13-31-17-9-7-6-8-16(17)28-29-31)24(35)22-26-11-15(27)21(38-26)19(25(36)37)20(26)23(34)32(22)18(12-33)14(3)5-2/h4,6-9,14-15,18-22,33H,1,5,10-13H2,2-3H3,(H,36,37)/t14-,15?,18-,19+,20-,21+,22?,26?/m0/s1. The van der Waals surface area contributed by atoms with E-state index < -0.39 is 34.6 Å². The number of halogens is 1. The molecule has 1 aromatic heterocycles. The Morgan fingerprint density at radius 3 is 2.79 bits per heavy atom. The average Bonchev–Trinajstić information content (AvgIpc) is 3.61. The van der Waals surface area contributed by atoms with Crippen LogP contribution in [0.1, 0.15) is 26.7 Å². The van der Waals surface area contributed by atoms with E-state index >= 15 is 0 Å². The number of amides is 2. The van der Waals surface area contributed by atoms with Gasteiger partial charge in [0.15, 0.2) is 0 Å². The van der Waals surface area contributed by atoms with Crippen LogP contribution in [0, 0.1) is 17.8 Å². The first kappa shape index (κ1) is 27.1. The molecule has 3 aliphatic rings. The molecule has 2 aromatic rings. The molecule has 4 heterocycles. The molecule has 38 heavy (non-hydrogen) atoms. The zero-order chi connectivity index (χ0) is 27.4. The number of carbonyl (C=O) groups is 3. The molecular weight excluding hydrogens is 574 g/mol. The van der Waals surface area contributed by atoms with Crippen molar-refractivity contribution >= 4 is 56.5 Å². The van der Waals surface area contributed by atoms with E-state index in [4.69, 9.17) is 0 Å². The fourth-order valence-electron chi connectivity index (χ4n) is 6.53. The third-order valence-electron chi connectivity index (χ3n) is 8.48. The Bertz CT molecular complexity index is 1270. The van der Waals surface area contributed by atoms with Crippen molar-refractivity contribution in [2.45, 2.75) is 60.3 Å². The van der Waals surface area contributed by atoms with Crippen LogP contribution >= 0.6 is 27.7 Å². The van der Waals surface area contributed by atoms with Gasteiger partial charge in [-0.2, -0.15) is 0 Å². The maximum Gasteiger partial charge on any atom is 0.308 e. The van der Waals surface area contributed by atoms with E-state index in [1.165, 1.54) is 16.7 Å². The number of alkyl halides is 1. The highest BCUT2D eigenvalue weighted by molar-refractivity contribution is 9.09. The number of carboxylic acid groups (broad SMARTS) is 1. The lowest BCUT2D eigenvalue weighted by molar-refractivity contribution is -0.150. The van der Waals surface area contributed by atoms with Crippen LogP contribution in [-0.4, -0.2) is 92.8 Å². The lowest BCUT2D eigenvalue weighted by Crippen LogP contribution is -2.59. The second-order valence-corrected chi connectivity index (χ2v) is 13.2. The first-order chi connectivity index (χ1) is 18.2. The number of carbonyl (C=O) groups excluding carboxylic acids is 2. The molecule has 2 bridgehead atoms. The third-order valence-corrected chi connectivity index (χ3v) is 11.7. The highest BCUT2D eigenvalue weighted by atomic mass is 79.9. The summed E-state index contributed by atoms with van der Waals surface area (Å²) in [6.45, 7) is 7.73. The number of thioether (sulfide) groups is 1. The van der Waals surface area contributed by atoms with Crippen LogP contribution in [-0.2, 0) is 21.1 Å². The van der Waals surface area contributed by atoms with E-state index in [2.05, 4.69) is 32.8 Å². The van der Waals surface area contributed by atoms with Gasteiger partial charge >= 0.3 is 5.97 Å². The molecule has 3 fully saturated rings. The quantitative estimate of drug-likeness (QED) is 0.312. The molecule has 3 saturated heterocycles. The lowest BCUT2D eigenvalue weighted by Gasteiger charge is -2.41. The van der Waals surface area contributed by atoms with Crippen LogP contribution in [0.4, 0.5) is 0 Å². The normalized spacial score (nSPS) is 31.4. The SMILES string of the molecule is C=CCN(Cn1nnc2ccccc21)C(=O)C1N([C@@H](CO)[C@@H](C)CC)C(=O)[C@@H]2[C@@H](C(=O)O)[C@@H]3SC12CC3Br. The number of aliphatic hydroxyl groups excluding tert-OH is 1. The topological polar surface area (TPSA) is 129 Å². The van der Waals surface area contributed by atoms with Crippen molar-refractivity contribution in [3.8, 4) is 0 Å². The summed E-state index contributed by atoms with van der Waals surface area (Å²) in [5.41, 5.74) is 1.46. The maximum absolute atomic E-state index is 14.6. The first-order valence-corrected chi connectivity index (χ1v) is 14.6. The van der Waals surface area contributed by atoms with Crippen LogP contribution in [0.15, 0.2) is 36.9 Å². The summed E-state index contributed by atoms with van der Waals surface area (Å²) in [5.74, 6) is -3.52. The Labute approximate surface area is 233 Å². The Morgan fingerprint density at radius 2 is 2.13 bits per heavy atom. The zero-order valence-electron chi connectivity index (χ0n) is 21.3. The predicted octanol–water partition coefficient (Wildman–Crippen LogP) is 2.36. The summed E-state index contributed by atoms with van der Waals surface area (Å²) in [4.78, 5) is 44.1. The van der Waals surface area contributed by atoms with Gasteiger partial charge in [0.1, 0.15) is 18.2 Å². The van der Waals surface area contributed by atoms with Crippen molar-refractivity contribution in [1.29, 1.82) is 0 Å². The zero-order valence-corrected chi connectivity index (χ0v) is 23.7. The van der Waals surface area contributed by atoms with Crippen LogP contribution in [0.2, 0.25) is 0 Å². The maximum atomic E-state index is 14.6. The van der Waals surface area contributed by atoms with Crippen LogP contribution in [0.5, 0.6) is 0 Å². The van der Waals surface area contributed by atoms with Crippen molar-refractivity contribution in [3.05, 3.63) is 36.9 Å². The van der Waals surface area contributed by atoms with Gasteiger partial charge in [-0.1, -0.05) is 59.6 Å². The predicted molar refractivity (Wildman–Crippen MR) is 146 cm³/mol. The van der Waals surface area contributed by atoms with E-state index in [1.807, 2.05) is 38.1 Å². The van der Waals surface area contributed by atoms with E-state index in [0.717, 1.165) is 5.52 Å². The number of hydrogen-bond acceptors (Lipinski definition) is 7. The molecule has 0 radical (unpaired) electrons. The highest BCUT2D eigenvalue weighted by Gasteiger charge is 2.76. The molecule has 0 aliphatic carbocycles. The van der Waals surface area contributed by atoms with Crippen molar-refractivity contribution in [1.82, 2.24) is 24.8 Å². The van der Waals surface area contributed by atoms with Crippen LogP contribution in [0.3, 0.4) is 0 Å². The first-order valence-electron chi connectivity index (χ1n) is 12.9. The number of aromatic nitrogens is 3. The van der Waals surface area contributed by atoms with Gasteiger partial charge < -0.3 is 20.0 Å². The Balaban J connectivity index is 1.59. The number of nitrogens with zero attached hydrogens (tertiary/aromatic N) is 5. The summed E-state index contributed by atoms with van der Waals surface area (Å²) in [6, 6.07) is 5.91. The highest BCUT2D eigenvalue weighted by Crippen LogP contribution is 2.68. The monoisotopic (exact) mass is 605 g/mol. The van der Waals surface area contributed by atoms with E-state index in [9.17, 15) is 24.6 Å². The van der Waals surface area contributed by atoms with E-state index in [1.54, 1.807) is 15.7 Å². The summed E-state index contributed by atoms with van der Waals surface area (Å²) in [5, 5.41) is 28.7. The second kappa shape index (κ2) is 10.3. The summed E-state index contributed by atoms with van der Waals surface area (Å²) >= 11 is 5.12. The molecular formula is C26H32BrN5O5S. The number of benzene rings is 1. The smallest absolute Gasteiger partial charge is 0.308 e. The number of hydrogen-bond donors (Lipinski definition) is 2. The fourth-order valence-corrected chi connectivity index (χ4v) is 10.1. The van der Waals surface area contributed by atoms with Gasteiger partial charge in [0.25, 0.3) is 0 Å². The van der Waals surface area contributed by atoms with E-state index in [0.29, 0.717) is 18.4 Å². The van der Waals surface area contributed by atoms with E-state index in [-0.39, 0.29) is 47.6 Å². The van der Waals surface area contributed by atoms with Crippen LogP contribution in [0.25, 0.3) is 11.0 Å². The van der Waals surface area contributed by atoms with Gasteiger partial charge in [0, 0.05) is 16.6 Å². The minimum absolute atomic E-state index is 0.0892. The molecule has 1 aromatic carbocycles. The Kier molecular flexibility index (Phi) is 7.34. The molecule has 204 valence electrons. The van der Waals surface area contributed by atoms with Gasteiger partial charge in [-0.15, -0.1) is 23.4 Å². The van der Waals surface area contributed by atoms with Gasteiger partial charge in [-0.05, 0) is 24.5 Å². The molecule has 10 nitrogen and oxygen atoms in total. The number of rotatable bonds is 10. The lowest BCUT2D eigenvalue weighted by atomic mass is 9.71. The number of carboxylic acids is 1. The molecule has 3 unspecified atom stereocenters. The molecule has 0 saturated carbocycles. The Hall–Kier alpha value is -2.44. The minimum Gasteiger partial charge on any atom is -0.481 e. The summed E-state index contributed by atoms with van der Waals surface area (Å²) < 4.78 is 0.721. The number of aliphatic carboxylic acids is 1. The molecule has 2 amide bonds. The van der Waals surface area contributed by atoms with Crippen molar-refractivity contribution < 1.29 is 24.6 Å². The number of likely N-dealkylation sites (tertiary alicyclic amines) is 1. The van der Waals surface area contributed by atoms with Gasteiger partial charge in [-0.3, -0.25) is 14.4 Å². The number of para-hydroxylation sites is 1. The molecule has 2 N–H and O–H groups in total. The van der Waals surface area contributed by atoms with Gasteiger partial charge in [0.05, 0.1) is 34.7 Å². The van der Waals surface area contributed by atoms with Crippen LogP contribution < -0.4 is 0 Å². The molecule has 8 atom stereocenters. The molecule has 1 spiro atoms. The fraction of sp³-hybridized carbons (Fsp3) is 0.577. The average molecular weight is 607 g/mol. The largest absolute Gasteiger partial charge is 0.481 e. The summed E-state index contributed by atoms with van der Waals surface area (Å²) in [7, 11) is 0. The molecule has 3 aliphatic heterocycles. The summed E-state index contributed by atoms with van der Waals surface area (Å²) in [6.07, 6.45) is 2.80. The minimum atomic E-state index is -1.03. The van der Waals surface area contributed by atoms with Gasteiger partial charge in [0.2, 0.25) is 11.8 Å². The van der Waals surface area contributed by atoms with Crippen molar-refractivity contribution in [2.75, 3.05) is 13.2 Å². The second-order valence-electron chi connectivity index (χ2n) is 10.5. The number of fused-ring (bicyclic) bond motifs is 2. The van der Waals surface area contributed by atoms with Crippen molar-refractivity contribution in [3.63, 3.8) is 0 Å². The molecule has 12 heteroatoms. The number of aliphatic hydroxyl groups is 1. The molecule has 5 rings (SSSR count). The third kappa shape index (κ3) is 3.98. The van der Waals surface area contributed by atoms with Gasteiger partial charge in [-0.25, -0.2) is 4.68 Å². The Morgan fingerprint density at radius 1 is 1.39 bits per heavy atom. The van der Waals surface area contributed by atoms with Crippen molar-refractivity contribution in [2.24, 2.45) is 17.8 Å².